The van der Waals surface area contributed by atoms with Gasteiger partial charge in [-0.2, -0.15) is 0 Å². The first kappa shape index (κ1) is 14.4. The third-order valence-corrected chi connectivity index (χ3v) is 3.69. The molecule has 6 nitrogen and oxygen atoms in total. The molecule has 2 aliphatic heterocycles. The van der Waals surface area contributed by atoms with Gasteiger partial charge in [0.15, 0.2) is 5.78 Å². The van der Waals surface area contributed by atoms with Gasteiger partial charge >= 0.3 is 0 Å². The highest BCUT2D eigenvalue weighted by Crippen LogP contribution is 2.16. The molecular weight excluding hydrogens is 248 g/mol. The number of carbonyl (C=O) groups is 2. The Labute approximate surface area is 113 Å². The monoisotopic (exact) mass is 269 g/mol. The standard InChI is InChI=1S/C13H21N2O4/c16-12(10-1-5-18-6-2-10)9-14-15-13(17)11-3-7-19-8-4-11/h10-11H,1-9H2,(H,15,17). The van der Waals surface area contributed by atoms with Crippen LogP contribution < -0.4 is 10.9 Å². The van der Waals surface area contributed by atoms with Crippen LogP contribution in [0.5, 0.6) is 0 Å². The molecule has 0 aromatic rings. The van der Waals surface area contributed by atoms with Crippen molar-refractivity contribution in [3.8, 4) is 0 Å². The maximum absolute atomic E-state index is 11.8. The SMILES string of the molecule is O=C(C[N]NC(=O)C1CCOCC1)C1CCOCC1. The summed E-state index contributed by atoms with van der Waals surface area (Å²) in [5.74, 6) is 0.00631. The first-order valence-electron chi connectivity index (χ1n) is 6.92. The van der Waals surface area contributed by atoms with E-state index in [1.54, 1.807) is 0 Å². The molecule has 19 heavy (non-hydrogen) atoms. The maximum atomic E-state index is 11.8. The molecule has 0 bridgehead atoms. The number of hydrogen-bond donors (Lipinski definition) is 1. The number of Topliss-reactive ketones (excluding diaryl/α,β-unsaturated/α-hetero) is 1. The number of nitrogens with one attached hydrogen (secondary N) is 1. The average molecular weight is 269 g/mol. The molecule has 0 aromatic heterocycles. The van der Waals surface area contributed by atoms with E-state index in [0.717, 1.165) is 25.7 Å². The lowest BCUT2D eigenvalue weighted by Gasteiger charge is -2.22. The molecule has 0 unspecified atom stereocenters. The molecule has 0 spiro atoms. The number of ketones is 1. The van der Waals surface area contributed by atoms with Crippen LogP contribution in [0.25, 0.3) is 0 Å². The van der Waals surface area contributed by atoms with Crippen LogP contribution in [-0.4, -0.2) is 44.7 Å². The molecule has 107 valence electrons. The fourth-order valence-corrected chi connectivity index (χ4v) is 2.40. The molecule has 2 saturated heterocycles. The molecule has 2 heterocycles. The topological polar surface area (TPSA) is 78.7 Å². The number of ether oxygens (including phenoxy) is 2. The molecule has 0 atom stereocenters. The van der Waals surface area contributed by atoms with Gasteiger partial charge in [0.2, 0.25) is 5.91 Å². The van der Waals surface area contributed by atoms with E-state index in [2.05, 4.69) is 10.9 Å². The average Bonchev–Trinajstić information content (AvgIpc) is 2.49. The van der Waals surface area contributed by atoms with Crippen LogP contribution in [0.15, 0.2) is 0 Å². The number of amides is 1. The minimum atomic E-state index is -0.0944. The Morgan fingerprint density at radius 3 is 2.05 bits per heavy atom. The van der Waals surface area contributed by atoms with Gasteiger partial charge in [0.25, 0.3) is 0 Å². The lowest BCUT2D eigenvalue weighted by atomic mass is 9.95. The number of rotatable bonds is 5. The lowest BCUT2D eigenvalue weighted by Crippen LogP contribution is -2.41. The van der Waals surface area contributed by atoms with E-state index in [9.17, 15) is 9.59 Å². The Bertz CT molecular complexity index is 280. The Kier molecular flexibility index (Phi) is 5.75. The second-order valence-electron chi connectivity index (χ2n) is 5.03. The zero-order valence-corrected chi connectivity index (χ0v) is 11.1. The fraction of sp³-hybridized carbons (Fsp3) is 0.846. The summed E-state index contributed by atoms with van der Waals surface area (Å²) in [4.78, 5) is 23.6. The Morgan fingerprint density at radius 2 is 1.47 bits per heavy atom. The van der Waals surface area contributed by atoms with Crippen molar-refractivity contribution < 1.29 is 19.1 Å². The minimum Gasteiger partial charge on any atom is -0.381 e. The van der Waals surface area contributed by atoms with Gasteiger partial charge in [0, 0.05) is 38.3 Å². The largest absolute Gasteiger partial charge is 0.381 e. The highest BCUT2D eigenvalue weighted by molar-refractivity contribution is 5.84. The Balaban J connectivity index is 1.62. The third-order valence-electron chi connectivity index (χ3n) is 3.69. The summed E-state index contributed by atoms with van der Waals surface area (Å²) >= 11 is 0. The van der Waals surface area contributed by atoms with Crippen molar-refractivity contribution in [1.82, 2.24) is 10.9 Å². The van der Waals surface area contributed by atoms with Gasteiger partial charge in [-0.05, 0) is 25.7 Å². The zero-order chi connectivity index (χ0) is 13.5. The molecule has 2 aliphatic rings. The van der Waals surface area contributed by atoms with Gasteiger partial charge in [-0.25, -0.2) is 0 Å². The highest BCUT2D eigenvalue weighted by Gasteiger charge is 2.24. The van der Waals surface area contributed by atoms with E-state index in [1.807, 2.05) is 0 Å². The van der Waals surface area contributed by atoms with Crippen LogP contribution in [0.1, 0.15) is 25.7 Å². The molecule has 1 radical (unpaired) electrons. The molecule has 1 N–H and O–H groups in total. The van der Waals surface area contributed by atoms with E-state index in [0.29, 0.717) is 26.4 Å². The first-order chi connectivity index (χ1) is 9.27. The summed E-state index contributed by atoms with van der Waals surface area (Å²) in [7, 11) is 0. The summed E-state index contributed by atoms with van der Waals surface area (Å²) < 4.78 is 10.4. The second kappa shape index (κ2) is 7.57. The minimum absolute atomic E-state index is 0.0318. The molecule has 6 heteroatoms. The van der Waals surface area contributed by atoms with Gasteiger partial charge in [-0.3, -0.25) is 15.0 Å². The molecular formula is C13H21N2O4. The van der Waals surface area contributed by atoms with Crippen LogP contribution in [0, 0.1) is 11.8 Å². The van der Waals surface area contributed by atoms with Gasteiger partial charge in [0.05, 0.1) is 6.54 Å². The third kappa shape index (κ3) is 4.56. The van der Waals surface area contributed by atoms with Gasteiger partial charge in [0.1, 0.15) is 0 Å². The summed E-state index contributed by atoms with van der Waals surface area (Å²) in [6, 6.07) is 0. The Morgan fingerprint density at radius 1 is 0.947 bits per heavy atom. The summed E-state index contributed by atoms with van der Waals surface area (Å²) in [5, 5.41) is 0. The van der Waals surface area contributed by atoms with Crippen molar-refractivity contribution in [2.24, 2.45) is 11.8 Å². The quantitative estimate of drug-likeness (QED) is 0.715. The molecule has 0 aliphatic carbocycles. The van der Waals surface area contributed by atoms with Crippen LogP contribution in [-0.2, 0) is 19.1 Å². The second-order valence-corrected chi connectivity index (χ2v) is 5.03. The van der Waals surface area contributed by atoms with Crippen molar-refractivity contribution >= 4 is 11.7 Å². The van der Waals surface area contributed by atoms with Gasteiger partial charge in [-0.15, -0.1) is 5.43 Å². The van der Waals surface area contributed by atoms with Crippen molar-refractivity contribution in [3.63, 3.8) is 0 Å². The van der Waals surface area contributed by atoms with Crippen molar-refractivity contribution in [2.45, 2.75) is 25.7 Å². The number of nitrogens with zero attached hydrogens (tertiary/aromatic N) is 1. The van der Waals surface area contributed by atoms with E-state index in [4.69, 9.17) is 9.47 Å². The van der Waals surface area contributed by atoms with E-state index in [1.165, 1.54) is 0 Å². The van der Waals surface area contributed by atoms with Crippen molar-refractivity contribution in [1.29, 1.82) is 0 Å². The van der Waals surface area contributed by atoms with Crippen LogP contribution in [0.3, 0.4) is 0 Å². The van der Waals surface area contributed by atoms with Gasteiger partial charge < -0.3 is 9.47 Å². The van der Waals surface area contributed by atoms with E-state index < -0.39 is 0 Å². The van der Waals surface area contributed by atoms with Crippen molar-refractivity contribution in [3.05, 3.63) is 0 Å². The number of carbonyl (C=O) groups excluding carboxylic acids is 2. The smallest absolute Gasteiger partial charge is 0.238 e. The van der Waals surface area contributed by atoms with Crippen molar-refractivity contribution in [2.75, 3.05) is 33.0 Å². The normalized spacial score (nSPS) is 22.1. The molecule has 0 saturated carbocycles. The summed E-state index contributed by atoms with van der Waals surface area (Å²) in [5.41, 5.74) is 6.39. The zero-order valence-electron chi connectivity index (χ0n) is 11.1. The van der Waals surface area contributed by atoms with E-state index in [-0.39, 0.29) is 30.1 Å². The van der Waals surface area contributed by atoms with Crippen LogP contribution in [0.2, 0.25) is 0 Å². The van der Waals surface area contributed by atoms with Gasteiger partial charge in [-0.1, -0.05) is 0 Å². The number of hydrogen-bond acceptors (Lipinski definition) is 4. The molecule has 2 rings (SSSR count). The molecule has 1 amide bonds. The van der Waals surface area contributed by atoms with E-state index >= 15 is 0 Å². The van der Waals surface area contributed by atoms with Crippen LogP contribution in [0.4, 0.5) is 0 Å². The molecule has 2 fully saturated rings. The lowest BCUT2D eigenvalue weighted by molar-refractivity contribution is -0.129. The maximum Gasteiger partial charge on any atom is 0.238 e. The fourth-order valence-electron chi connectivity index (χ4n) is 2.40. The van der Waals surface area contributed by atoms with Crippen LogP contribution >= 0.6 is 0 Å². The first-order valence-corrected chi connectivity index (χ1v) is 6.92. The predicted molar refractivity (Wildman–Crippen MR) is 67.2 cm³/mol. The summed E-state index contributed by atoms with van der Waals surface area (Å²) in [6.07, 6.45) is 3.00. The molecule has 0 aromatic carbocycles. The predicted octanol–water partition coefficient (Wildman–Crippen LogP) is 0.0443. The highest BCUT2D eigenvalue weighted by atomic mass is 16.5. The Hall–Kier alpha value is -0.980. The summed E-state index contributed by atoms with van der Waals surface area (Å²) in [6.45, 7) is 2.60.